The highest BCUT2D eigenvalue weighted by molar-refractivity contribution is 9.10. The van der Waals surface area contributed by atoms with Gasteiger partial charge in [0.15, 0.2) is 0 Å². The third kappa shape index (κ3) is 5.79. The maximum Gasteiger partial charge on any atom is 0.247 e. The van der Waals surface area contributed by atoms with Crippen molar-refractivity contribution in [2.45, 2.75) is 20.0 Å². The molecule has 8 nitrogen and oxygen atoms in total. The largest absolute Gasteiger partial charge is 0.487 e. The van der Waals surface area contributed by atoms with E-state index < -0.39 is 11.7 Å². The van der Waals surface area contributed by atoms with Gasteiger partial charge in [0.2, 0.25) is 11.8 Å². The standard InChI is InChI=1S/C22H21BrFN5O3/c1-4-21(31)28-19-8-15-18(9-20(19)32-12(2)10-25-13(3)30)26-11-27-22(15)29-17-6-5-14(23)7-16(17)24/h4-9,11-12H,1,10H2,2-3H3,(H,25,30)(H,28,31)(H,26,27,29). The molecule has 1 aromatic heterocycles. The lowest BCUT2D eigenvalue weighted by Crippen LogP contribution is -2.32. The van der Waals surface area contributed by atoms with Crippen LogP contribution in [0.5, 0.6) is 5.75 Å². The summed E-state index contributed by atoms with van der Waals surface area (Å²) < 4.78 is 20.9. The van der Waals surface area contributed by atoms with Gasteiger partial charge in [-0.05, 0) is 37.3 Å². The van der Waals surface area contributed by atoms with Gasteiger partial charge in [0.1, 0.15) is 29.8 Å². The number of nitrogens with one attached hydrogen (secondary N) is 3. The Morgan fingerprint density at radius 3 is 2.72 bits per heavy atom. The van der Waals surface area contributed by atoms with E-state index in [1.807, 2.05) is 0 Å². The molecule has 1 unspecified atom stereocenters. The molecule has 0 fully saturated rings. The predicted molar refractivity (Wildman–Crippen MR) is 125 cm³/mol. The third-order valence-electron chi connectivity index (χ3n) is 4.33. The number of rotatable bonds is 8. The third-order valence-corrected chi connectivity index (χ3v) is 4.82. The Kier molecular flexibility index (Phi) is 7.37. The molecule has 0 aliphatic rings. The predicted octanol–water partition coefficient (Wildman–Crippen LogP) is 4.30. The summed E-state index contributed by atoms with van der Waals surface area (Å²) in [5.41, 5.74) is 1.10. The minimum Gasteiger partial charge on any atom is -0.487 e. The van der Waals surface area contributed by atoms with Crippen molar-refractivity contribution in [3.05, 3.63) is 59.6 Å². The molecular formula is C22H21BrFN5O3. The molecule has 0 spiro atoms. The van der Waals surface area contributed by atoms with Crippen LogP contribution in [-0.4, -0.2) is 34.4 Å². The second kappa shape index (κ2) is 10.2. The Bertz CT molecular complexity index is 1190. The number of aromatic nitrogens is 2. The molecule has 0 bridgehead atoms. The van der Waals surface area contributed by atoms with E-state index in [0.717, 1.165) is 6.08 Å². The summed E-state index contributed by atoms with van der Waals surface area (Å²) in [6.45, 7) is 6.94. The molecule has 32 heavy (non-hydrogen) atoms. The van der Waals surface area contributed by atoms with Gasteiger partial charge < -0.3 is 20.7 Å². The van der Waals surface area contributed by atoms with Crippen LogP contribution in [0.1, 0.15) is 13.8 Å². The summed E-state index contributed by atoms with van der Waals surface area (Å²) >= 11 is 3.23. The van der Waals surface area contributed by atoms with Crippen LogP contribution in [0.4, 0.5) is 21.6 Å². The van der Waals surface area contributed by atoms with E-state index in [-0.39, 0.29) is 24.2 Å². The molecule has 10 heteroatoms. The number of nitrogens with zero attached hydrogens (tertiary/aromatic N) is 2. The molecule has 3 rings (SSSR count). The van der Waals surface area contributed by atoms with Crippen molar-refractivity contribution >= 4 is 55.8 Å². The molecule has 1 atom stereocenters. The molecule has 0 radical (unpaired) electrons. The number of halogens is 2. The van der Waals surface area contributed by atoms with Crippen molar-refractivity contribution in [1.82, 2.24) is 15.3 Å². The fourth-order valence-corrected chi connectivity index (χ4v) is 3.16. The number of hydrogen-bond donors (Lipinski definition) is 3. The smallest absolute Gasteiger partial charge is 0.247 e. The van der Waals surface area contributed by atoms with Crippen LogP contribution >= 0.6 is 15.9 Å². The zero-order valence-corrected chi connectivity index (χ0v) is 19.0. The van der Waals surface area contributed by atoms with Crippen LogP contribution in [0.25, 0.3) is 10.9 Å². The molecule has 0 aliphatic carbocycles. The lowest BCUT2D eigenvalue weighted by molar-refractivity contribution is -0.119. The molecule has 0 saturated heterocycles. The SMILES string of the molecule is C=CC(=O)Nc1cc2c(Nc3ccc(Br)cc3F)ncnc2cc1OC(C)CNC(C)=O. The number of ether oxygens (including phenoxy) is 1. The molecule has 3 N–H and O–H groups in total. The molecule has 2 aromatic carbocycles. The molecule has 0 aliphatic heterocycles. The number of carbonyl (C=O) groups excluding carboxylic acids is 2. The minimum absolute atomic E-state index is 0.178. The zero-order chi connectivity index (χ0) is 23.3. The van der Waals surface area contributed by atoms with Gasteiger partial charge in [-0.2, -0.15) is 0 Å². The summed E-state index contributed by atoms with van der Waals surface area (Å²) in [6.07, 6.45) is 2.09. The molecule has 1 heterocycles. The van der Waals surface area contributed by atoms with Crippen LogP contribution in [0.2, 0.25) is 0 Å². The van der Waals surface area contributed by atoms with Gasteiger partial charge in [-0.3, -0.25) is 9.59 Å². The summed E-state index contributed by atoms with van der Waals surface area (Å²) in [4.78, 5) is 31.6. The van der Waals surface area contributed by atoms with Gasteiger partial charge in [0.05, 0.1) is 23.4 Å². The highest BCUT2D eigenvalue weighted by atomic mass is 79.9. The van der Waals surface area contributed by atoms with E-state index in [0.29, 0.717) is 32.6 Å². The molecule has 166 valence electrons. The Morgan fingerprint density at radius 2 is 2.03 bits per heavy atom. The monoisotopic (exact) mass is 501 g/mol. The Labute approximate surface area is 192 Å². The maximum absolute atomic E-state index is 14.3. The van der Waals surface area contributed by atoms with E-state index in [2.05, 4.69) is 48.4 Å². The maximum atomic E-state index is 14.3. The molecule has 3 aromatic rings. The Hall–Kier alpha value is -3.53. The first kappa shape index (κ1) is 23.1. The van der Waals surface area contributed by atoms with Crippen molar-refractivity contribution in [2.24, 2.45) is 0 Å². The summed E-state index contributed by atoms with van der Waals surface area (Å²) in [6, 6.07) is 7.89. The number of carbonyl (C=O) groups is 2. The van der Waals surface area contributed by atoms with E-state index in [9.17, 15) is 14.0 Å². The average molecular weight is 502 g/mol. The fraction of sp³-hybridized carbons (Fsp3) is 0.182. The molecular weight excluding hydrogens is 481 g/mol. The lowest BCUT2D eigenvalue weighted by atomic mass is 10.1. The summed E-state index contributed by atoms with van der Waals surface area (Å²) in [7, 11) is 0. The zero-order valence-electron chi connectivity index (χ0n) is 17.4. The summed E-state index contributed by atoms with van der Waals surface area (Å²) in [5, 5.41) is 8.88. The average Bonchev–Trinajstić information content (AvgIpc) is 2.74. The van der Waals surface area contributed by atoms with Crippen molar-refractivity contribution in [1.29, 1.82) is 0 Å². The van der Waals surface area contributed by atoms with Crippen molar-refractivity contribution in [3.63, 3.8) is 0 Å². The number of amides is 2. The van der Waals surface area contributed by atoms with Crippen LogP contribution in [0.15, 0.2) is 53.8 Å². The van der Waals surface area contributed by atoms with Crippen molar-refractivity contribution < 1.29 is 18.7 Å². The topological polar surface area (TPSA) is 105 Å². The first-order valence-corrected chi connectivity index (χ1v) is 10.4. The van der Waals surface area contributed by atoms with Gasteiger partial charge in [-0.1, -0.05) is 22.5 Å². The van der Waals surface area contributed by atoms with Gasteiger partial charge in [0, 0.05) is 22.8 Å². The van der Waals surface area contributed by atoms with Crippen LogP contribution in [0, 0.1) is 5.82 Å². The minimum atomic E-state index is -0.460. The van der Waals surface area contributed by atoms with E-state index in [1.54, 1.807) is 31.2 Å². The van der Waals surface area contributed by atoms with Crippen LogP contribution in [-0.2, 0) is 9.59 Å². The van der Waals surface area contributed by atoms with Gasteiger partial charge >= 0.3 is 0 Å². The van der Waals surface area contributed by atoms with Crippen LogP contribution < -0.4 is 20.7 Å². The molecule has 0 saturated carbocycles. The van der Waals surface area contributed by atoms with E-state index >= 15 is 0 Å². The Balaban J connectivity index is 2.01. The highest BCUT2D eigenvalue weighted by Crippen LogP contribution is 2.34. The van der Waals surface area contributed by atoms with E-state index in [4.69, 9.17) is 4.74 Å². The number of hydrogen-bond acceptors (Lipinski definition) is 6. The Morgan fingerprint density at radius 1 is 1.25 bits per heavy atom. The van der Waals surface area contributed by atoms with Gasteiger partial charge in [0.25, 0.3) is 0 Å². The fourth-order valence-electron chi connectivity index (χ4n) is 2.83. The normalized spacial score (nSPS) is 11.5. The number of fused-ring (bicyclic) bond motifs is 1. The van der Waals surface area contributed by atoms with Crippen LogP contribution in [0.3, 0.4) is 0 Å². The van der Waals surface area contributed by atoms with Crippen molar-refractivity contribution in [3.8, 4) is 5.75 Å². The second-order valence-corrected chi connectivity index (χ2v) is 7.81. The van der Waals surface area contributed by atoms with E-state index in [1.165, 1.54) is 19.3 Å². The second-order valence-electron chi connectivity index (χ2n) is 6.90. The molecule has 2 amide bonds. The number of benzene rings is 2. The first-order valence-electron chi connectivity index (χ1n) is 9.62. The summed E-state index contributed by atoms with van der Waals surface area (Å²) in [5.74, 6) is -0.372. The van der Waals surface area contributed by atoms with Gasteiger partial charge in [-0.25, -0.2) is 14.4 Å². The first-order chi connectivity index (χ1) is 15.3. The van der Waals surface area contributed by atoms with Crippen molar-refractivity contribution in [2.75, 3.05) is 17.2 Å². The quantitative estimate of drug-likeness (QED) is 0.397. The highest BCUT2D eigenvalue weighted by Gasteiger charge is 2.16. The number of anilines is 3. The van der Waals surface area contributed by atoms with Gasteiger partial charge in [-0.15, -0.1) is 0 Å². The lowest BCUT2D eigenvalue weighted by Gasteiger charge is -2.19.